The van der Waals surface area contributed by atoms with Crippen LogP contribution in [0.3, 0.4) is 0 Å². The lowest BCUT2D eigenvalue weighted by molar-refractivity contribution is -0.145. The second-order valence-corrected chi connectivity index (χ2v) is 2.12. The average molecular weight is 156 g/mol. The van der Waals surface area contributed by atoms with E-state index in [1.807, 2.05) is 12.8 Å². The highest BCUT2D eigenvalue weighted by molar-refractivity contribution is 5.69. The molecule has 1 N–H and O–H groups in total. The van der Waals surface area contributed by atoms with Crippen LogP contribution in [-0.4, -0.2) is 23.8 Å². The van der Waals surface area contributed by atoms with Gasteiger partial charge in [0.1, 0.15) is 12.7 Å². The third-order valence-corrected chi connectivity index (χ3v) is 1.05. The zero-order valence-electron chi connectivity index (χ0n) is 6.54. The van der Waals surface area contributed by atoms with E-state index in [0.717, 1.165) is 6.42 Å². The van der Waals surface area contributed by atoms with E-state index in [1.165, 1.54) is 0 Å². The van der Waals surface area contributed by atoms with Gasteiger partial charge in [-0.3, -0.25) is 4.79 Å². The van der Waals surface area contributed by atoms with Gasteiger partial charge in [-0.2, -0.15) is 0 Å². The summed E-state index contributed by atoms with van der Waals surface area (Å²) >= 11 is 0. The molecule has 0 aliphatic carbocycles. The number of carbonyl (C=O) groups is 1. The Bertz CT molecular complexity index is 157. The molecule has 1 unspecified atom stereocenters. The molecule has 0 amide bonds. The van der Waals surface area contributed by atoms with Gasteiger partial charge in [-0.25, -0.2) is 0 Å². The number of rotatable bonds is 4. The molecule has 0 aromatic heterocycles. The molecule has 0 aliphatic rings. The standard InChI is InChI=1S/C8H12O3/c1-3-5-8(10)11-6-7(9)4-2/h2,7,9H,3,5-6H2,1H3. The molecule has 0 bridgehead atoms. The van der Waals surface area contributed by atoms with E-state index in [1.54, 1.807) is 0 Å². The monoisotopic (exact) mass is 156 g/mol. The van der Waals surface area contributed by atoms with Crippen molar-refractivity contribution >= 4 is 5.97 Å². The summed E-state index contributed by atoms with van der Waals surface area (Å²) in [6.07, 6.45) is 4.98. The highest BCUT2D eigenvalue weighted by Gasteiger charge is 2.03. The lowest BCUT2D eigenvalue weighted by Crippen LogP contribution is -2.16. The second-order valence-electron chi connectivity index (χ2n) is 2.12. The summed E-state index contributed by atoms with van der Waals surface area (Å²) in [6, 6.07) is 0. The molecule has 0 aliphatic heterocycles. The van der Waals surface area contributed by atoms with Gasteiger partial charge in [0.2, 0.25) is 0 Å². The van der Waals surface area contributed by atoms with Crippen molar-refractivity contribution in [2.75, 3.05) is 6.61 Å². The van der Waals surface area contributed by atoms with Crippen LogP contribution in [0.5, 0.6) is 0 Å². The molecule has 0 aromatic carbocycles. The Kier molecular flexibility index (Phi) is 5.22. The Balaban J connectivity index is 3.39. The van der Waals surface area contributed by atoms with Gasteiger partial charge < -0.3 is 9.84 Å². The molecule has 0 radical (unpaired) electrons. The van der Waals surface area contributed by atoms with Gasteiger partial charge in [-0.05, 0) is 6.42 Å². The third kappa shape index (κ3) is 5.43. The highest BCUT2D eigenvalue weighted by Crippen LogP contribution is 1.92. The van der Waals surface area contributed by atoms with E-state index in [2.05, 4.69) is 4.74 Å². The van der Waals surface area contributed by atoms with Crippen LogP contribution in [0.1, 0.15) is 19.8 Å². The van der Waals surface area contributed by atoms with Crippen LogP contribution in [0.15, 0.2) is 0 Å². The van der Waals surface area contributed by atoms with Gasteiger partial charge in [0, 0.05) is 6.42 Å². The molecular formula is C8H12O3. The summed E-state index contributed by atoms with van der Waals surface area (Å²) in [5.74, 6) is 1.72. The van der Waals surface area contributed by atoms with E-state index in [9.17, 15) is 4.79 Å². The fraction of sp³-hybridized carbons (Fsp3) is 0.625. The van der Waals surface area contributed by atoms with E-state index in [4.69, 9.17) is 11.5 Å². The van der Waals surface area contributed by atoms with Crippen molar-refractivity contribution in [2.45, 2.75) is 25.9 Å². The maximum atomic E-state index is 10.7. The van der Waals surface area contributed by atoms with Crippen molar-refractivity contribution in [1.82, 2.24) is 0 Å². The zero-order chi connectivity index (χ0) is 8.69. The normalized spacial score (nSPS) is 11.7. The minimum Gasteiger partial charge on any atom is -0.462 e. The van der Waals surface area contributed by atoms with Crippen LogP contribution in [0.25, 0.3) is 0 Å². The maximum absolute atomic E-state index is 10.7. The molecular weight excluding hydrogens is 144 g/mol. The predicted octanol–water partition coefficient (Wildman–Crippen LogP) is 0.324. The Morgan fingerprint density at radius 3 is 2.91 bits per heavy atom. The first-order chi connectivity index (χ1) is 5.20. The lowest BCUT2D eigenvalue weighted by Gasteiger charge is -2.04. The first kappa shape index (κ1) is 9.99. The molecule has 0 heterocycles. The van der Waals surface area contributed by atoms with Crippen LogP contribution in [0.4, 0.5) is 0 Å². The van der Waals surface area contributed by atoms with Crippen molar-refractivity contribution in [1.29, 1.82) is 0 Å². The Labute approximate surface area is 66.4 Å². The van der Waals surface area contributed by atoms with Crippen LogP contribution in [0, 0.1) is 12.3 Å². The van der Waals surface area contributed by atoms with Crippen LogP contribution in [-0.2, 0) is 9.53 Å². The first-order valence-electron chi connectivity index (χ1n) is 3.50. The Morgan fingerprint density at radius 1 is 1.82 bits per heavy atom. The zero-order valence-corrected chi connectivity index (χ0v) is 6.54. The van der Waals surface area contributed by atoms with Gasteiger partial charge >= 0.3 is 5.97 Å². The van der Waals surface area contributed by atoms with E-state index < -0.39 is 6.10 Å². The summed E-state index contributed by atoms with van der Waals surface area (Å²) in [4.78, 5) is 10.7. The Hall–Kier alpha value is -1.01. The SMILES string of the molecule is C#CC(O)COC(=O)CCC. The van der Waals surface area contributed by atoms with Crippen LogP contribution in [0.2, 0.25) is 0 Å². The predicted molar refractivity (Wildman–Crippen MR) is 40.7 cm³/mol. The van der Waals surface area contributed by atoms with Crippen LogP contribution >= 0.6 is 0 Å². The number of esters is 1. The minimum absolute atomic E-state index is 0.102. The summed E-state index contributed by atoms with van der Waals surface area (Å²) in [7, 11) is 0. The smallest absolute Gasteiger partial charge is 0.305 e. The van der Waals surface area contributed by atoms with Gasteiger partial charge in [-0.15, -0.1) is 6.42 Å². The van der Waals surface area contributed by atoms with E-state index in [-0.39, 0.29) is 12.6 Å². The van der Waals surface area contributed by atoms with E-state index in [0.29, 0.717) is 6.42 Å². The fourth-order valence-corrected chi connectivity index (χ4v) is 0.496. The molecule has 3 nitrogen and oxygen atoms in total. The number of terminal acetylenes is 1. The summed E-state index contributed by atoms with van der Waals surface area (Å²) in [6.45, 7) is 1.77. The lowest BCUT2D eigenvalue weighted by atomic mass is 10.3. The topological polar surface area (TPSA) is 46.5 Å². The molecule has 0 spiro atoms. The van der Waals surface area contributed by atoms with Crippen molar-refractivity contribution in [3.05, 3.63) is 0 Å². The number of carbonyl (C=O) groups excluding carboxylic acids is 1. The molecule has 62 valence electrons. The average Bonchev–Trinajstić information content (AvgIpc) is 2.01. The largest absolute Gasteiger partial charge is 0.462 e. The van der Waals surface area contributed by atoms with Crippen molar-refractivity contribution in [2.24, 2.45) is 0 Å². The quantitative estimate of drug-likeness (QED) is 0.471. The molecule has 0 rings (SSSR count). The molecule has 11 heavy (non-hydrogen) atoms. The van der Waals surface area contributed by atoms with Crippen LogP contribution < -0.4 is 0 Å². The third-order valence-electron chi connectivity index (χ3n) is 1.05. The molecule has 0 saturated heterocycles. The van der Waals surface area contributed by atoms with Crippen molar-refractivity contribution in [3.63, 3.8) is 0 Å². The minimum atomic E-state index is -0.976. The molecule has 0 aromatic rings. The molecule has 3 heteroatoms. The summed E-state index contributed by atoms with van der Waals surface area (Å²) in [5.41, 5.74) is 0. The van der Waals surface area contributed by atoms with Gasteiger partial charge in [0.15, 0.2) is 0 Å². The van der Waals surface area contributed by atoms with Gasteiger partial charge in [0.25, 0.3) is 0 Å². The van der Waals surface area contributed by atoms with Crippen molar-refractivity contribution < 1.29 is 14.6 Å². The molecule has 0 saturated carbocycles. The summed E-state index contributed by atoms with van der Waals surface area (Å²) < 4.78 is 4.60. The van der Waals surface area contributed by atoms with Crippen molar-refractivity contribution in [3.8, 4) is 12.3 Å². The number of ether oxygens (including phenoxy) is 1. The fourth-order valence-electron chi connectivity index (χ4n) is 0.496. The highest BCUT2D eigenvalue weighted by atomic mass is 16.5. The number of aliphatic hydroxyl groups is 1. The second kappa shape index (κ2) is 5.75. The maximum Gasteiger partial charge on any atom is 0.305 e. The number of hydrogen-bond donors (Lipinski definition) is 1. The molecule has 1 atom stereocenters. The number of aliphatic hydroxyl groups excluding tert-OH is 1. The van der Waals surface area contributed by atoms with E-state index >= 15 is 0 Å². The molecule has 0 fully saturated rings. The Morgan fingerprint density at radius 2 is 2.45 bits per heavy atom. The van der Waals surface area contributed by atoms with Gasteiger partial charge in [0.05, 0.1) is 0 Å². The van der Waals surface area contributed by atoms with Gasteiger partial charge in [-0.1, -0.05) is 12.8 Å². The summed E-state index contributed by atoms with van der Waals surface area (Å²) in [5, 5.41) is 8.76. The first-order valence-corrected chi connectivity index (χ1v) is 3.50. The number of hydrogen-bond acceptors (Lipinski definition) is 3.